The fourth-order valence-corrected chi connectivity index (χ4v) is 3.63. The third-order valence-electron chi connectivity index (χ3n) is 5.23. The van der Waals surface area contributed by atoms with E-state index in [2.05, 4.69) is 12.2 Å². The molecule has 0 spiro atoms. The second-order valence-corrected chi connectivity index (χ2v) is 7.32. The first-order chi connectivity index (χ1) is 11.8. The highest BCUT2D eigenvalue weighted by Crippen LogP contribution is 2.41. The van der Waals surface area contributed by atoms with E-state index >= 15 is 0 Å². The average molecular weight is 339 g/mol. The predicted octanol–water partition coefficient (Wildman–Crippen LogP) is 5.83. The summed E-state index contributed by atoms with van der Waals surface area (Å²) in [4.78, 5) is 11.2. The van der Waals surface area contributed by atoms with Gasteiger partial charge in [-0.25, -0.2) is 9.18 Å². The summed E-state index contributed by atoms with van der Waals surface area (Å²) in [6, 6.07) is -0.470. The summed E-state index contributed by atoms with van der Waals surface area (Å²) in [5, 5.41) is 2.54. The molecular formula is C20H34FNO2. The number of ether oxygens (including phenoxy) is 1. The molecule has 1 aliphatic heterocycles. The van der Waals surface area contributed by atoms with Gasteiger partial charge in [0.2, 0.25) is 0 Å². The highest BCUT2D eigenvalue weighted by atomic mass is 19.1. The first-order valence-corrected chi connectivity index (χ1v) is 10.00. The van der Waals surface area contributed by atoms with Crippen molar-refractivity contribution in [3.05, 3.63) is 11.1 Å². The lowest BCUT2D eigenvalue weighted by Gasteiger charge is -2.09. The molecule has 0 aromatic rings. The van der Waals surface area contributed by atoms with Gasteiger partial charge in [-0.2, -0.15) is 0 Å². The Kier molecular flexibility index (Phi) is 8.62. The summed E-state index contributed by atoms with van der Waals surface area (Å²) in [5.74, 6) is 0. The van der Waals surface area contributed by atoms with E-state index in [0.717, 1.165) is 12.8 Å². The van der Waals surface area contributed by atoms with Crippen molar-refractivity contribution in [3.8, 4) is 0 Å². The van der Waals surface area contributed by atoms with Gasteiger partial charge in [-0.15, -0.1) is 0 Å². The molecule has 24 heavy (non-hydrogen) atoms. The fourth-order valence-electron chi connectivity index (χ4n) is 3.63. The van der Waals surface area contributed by atoms with Gasteiger partial charge in [0, 0.05) is 0 Å². The Hall–Kier alpha value is -1.06. The number of alkyl halides is 1. The van der Waals surface area contributed by atoms with E-state index in [1.165, 1.54) is 81.8 Å². The van der Waals surface area contributed by atoms with E-state index < -0.39 is 18.8 Å². The van der Waals surface area contributed by atoms with Gasteiger partial charge in [-0.3, -0.25) is 0 Å². The summed E-state index contributed by atoms with van der Waals surface area (Å²) < 4.78 is 18.0. The molecular weight excluding hydrogens is 305 g/mol. The minimum atomic E-state index is -0.550. The van der Waals surface area contributed by atoms with Crippen molar-refractivity contribution in [3.63, 3.8) is 0 Å². The molecule has 0 bridgehead atoms. The summed E-state index contributed by atoms with van der Waals surface area (Å²) in [6.45, 7) is 1.71. The molecule has 0 aromatic heterocycles. The highest BCUT2D eigenvalue weighted by Gasteiger charge is 2.42. The van der Waals surface area contributed by atoms with Crippen molar-refractivity contribution >= 4 is 6.09 Å². The molecule has 0 saturated carbocycles. The number of hydrogen-bond acceptors (Lipinski definition) is 2. The molecule has 1 fully saturated rings. The topological polar surface area (TPSA) is 38.3 Å². The van der Waals surface area contributed by atoms with Crippen LogP contribution in [0.2, 0.25) is 0 Å². The first kappa shape index (κ1) is 19.3. The third-order valence-corrected chi connectivity index (χ3v) is 5.23. The molecule has 3 nitrogen and oxygen atoms in total. The van der Waals surface area contributed by atoms with Gasteiger partial charge in [0.15, 0.2) is 0 Å². The number of halogens is 1. The summed E-state index contributed by atoms with van der Waals surface area (Å²) >= 11 is 0. The van der Waals surface area contributed by atoms with Crippen molar-refractivity contribution in [1.29, 1.82) is 0 Å². The van der Waals surface area contributed by atoms with E-state index in [-0.39, 0.29) is 6.10 Å². The monoisotopic (exact) mass is 339 g/mol. The van der Waals surface area contributed by atoms with Crippen LogP contribution in [0.1, 0.15) is 90.4 Å². The SMILES string of the molecule is CCCCCCCCCCCCCC1=C([C@H]2OC(=O)N[C@H]2CF)C1. The molecule has 1 saturated heterocycles. The van der Waals surface area contributed by atoms with Gasteiger partial charge < -0.3 is 10.1 Å². The van der Waals surface area contributed by atoms with Crippen LogP contribution in [0, 0.1) is 0 Å². The van der Waals surface area contributed by atoms with Gasteiger partial charge >= 0.3 is 6.09 Å². The van der Waals surface area contributed by atoms with E-state index in [1.54, 1.807) is 0 Å². The van der Waals surface area contributed by atoms with Gasteiger partial charge in [0.25, 0.3) is 0 Å². The van der Waals surface area contributed by atoms with Gasteiger partial charge in [-0.1, -0.05) is 76.7 Å². The zero-order chi connectivity index (χ0) is 17.2. The molecule has 1 aliphatic carbocycles. The summed E-state index contributed by atoms with van der Waals surface area (Å²) in [6.07, 6.45) is 16.1. The minimum absolute atomic E-state index is 0.342. The largest absolute Gasteiger partial charge is 0.439 e. The van der Waals surface area contributed by atoms with E-state index in [4.69, 9.17) is 4.74 Å². The smallest absolute Gasteiger partial charge is 0.408 e. The van der Waals surface area contributed by atoms with Crippen LogP contribution >= 0.6 is 0 Å². The molecule has 0 radical (unpaired) electrons. The Morgan fingerprint density at radius 2 is 1.58 bits per heavy atom. The molecule has 1 heterocycles. The lowest BCUT2D eigenvalue weighted by atomic mass is 10.0. The number of carbonyl (C=O) groups is 1. The molecule has 4 heteroatoms. The van der Waals surface area contributed by atoms with Crippen molar-refractivity contribution in [2.75, 3.05) is 6.67 Å². The summed E-state index contributed by atoms with van der Waals surface area (Å²) in [5.41, 5.74) is 2.56. The second-order valence-electron chi connectivity index (χ2n) is 7.32. The van der Waals surface area contributed by atoms with E-state index in [0.29, 0.717) is 0 Å². The number of unbranched alkanes of at least 4 members (excludes halogenated alkanes) is 10. The number of amides is 1. The molecule has 0 unspecified atom stereocenters. The maximum atomic E-state index is 12.9. The first-order valence-electron chi connectivity index (χ1n) is 10.00. The van der Waals surface area contributed by atoms with Crippen LogP contribution in [-0.4, -0.2) is 24.9 Å². The Morgan fingerprint density at radius 3 is 2.17 bits per heavy atom. The molecule has 2 rings (SSSR count). The van der Waals surface area contributed by atoms with Gasteiger partial charge in [0.1, 0.15) is 18.8 Å². The quantitative estimate of drug-likeness (QED) is 0.319. The van der Waals surface area contributed by atoms with Crippen molar-refractivity contribution < 1.29 is 13.9 Å². The summed E-state index contributed by atoms with van der Waals surface area (Å²) in [7, 11) is 0. The van der Waals surface area contributed by atoms with Gasteiger partial charge in [-0.05, 0) is 24.8 Å². The molecule has 0 aromatic carbocycles. The normalized spacial score (nSPS) is 22.7. The van der Waals surface area contributed by atoms with Crippen LogP contribution in [-0.2, 0) is 4.74 Å². The Bertz CT molecular complexity index is 422. The second kappa shape index (κ2) is 10.7. The number of allylic oxidation sites excluding steroid dienone is 1. The fraction of sp³-hybridized carbons (Fsp3) is 0.850. The number of rotatable bonds is 14. The minimum Gasteiger partial charge on any atom is -0.439 e. The lowest BCUT2D eigenvalue weighted by Crippen LogP contribution is -2.33. The number of carbonyl (C=O) groups excluding carboxylic acids is 1. The number of nitrogens with one attached hydrogen (secondary N) is 1. The zero-order valence-corrected chi connectivity index (χ0v) is 15.2. The van der Waals surface area contributed by atoms with Crippen LogP contribution in [0.3, 0.4) is 0 Å². The maximum Gasteiger partial charge on any atom is 0.408 e. The number of alkyl carbamates (subject to hydrolysis) is 1. The molecule has 1 N–H and O–H groups in total. The van der Waals surface area contributed by atoms with Crippen LogP contribution in [0.5, 0.6) is 0 Å². The molecule has 2 atom stereocenters. The molecule has 138 valence electrons. The van der Waals surface area contributed by atoms with Crippen molar-refractivity contribution in [2.24, 2.45) is 0 Å². The zero-order valence-electron chi connectivity index (χ0n) is 15.2. The van der Waals surface area contributed by atoms with Gasteiger partial charge in [0.05, 0.1) is 0 Å². The van der Waals surface area contributed by atoms with E-state index in [9.17, 15) is 9.18 Å². The lowest BCUT2D eigenvalue weighted by molar-refractivity contribution is 0.147. The van der Waals surface area contributed by atoms with Crippen molar-refractivity contribution in [1.82, 2.24) is 5.32 Å². The highest BCUT2D eigenvalue weighted by molar-refractivity contribution is 5.71. The average Bonchev–Trinajstić information content (AvgIpc) is 3.25. The van der Waals surface area contributed by atoms with Crippen LogP contribution in [0.25, 0.3) is 0 Å². The number of hydrogen-bond donors (Lipinski definition) is 1. The molecule has 2 aliphatic rings. The Balaban J connectivity index is 1.45. The van der Waals surface area contributed by atoms with E-state index in [1.807, 2.05) is 0 Å². The molecule has 1 amide bonds. The number of cyclic esters (lactones) is 1. The van der Waals surface area contributed by atoms with Crippen LogP contribution in [0.4, 0.5) is 9.18 Å². The Labute approximate surface area is 146 Å². The standard InChI is InChI=1S/C20H34FNO2/c1-2-3-4-5-6-7-8-9-10-11-12-13-16-14-17(16)19-18(15-21)22-20(23)24-19/h18-19H,2-15H2,1H3,(H,22,23)/t18-,19+/m0/s1. The Morgan fingerprint density at radius 1 is 1.00 bits per heavy atom. The van der Waals surface area contributed by atoms with Crippen molar-refractivity contribution in [2.45, 2.75) is 103 Å². The van der Waals surface area contributed by atoms with Crippen LogP contribution < -0.4 is 5.32 Å². The predicted molar refractivity (Wildman–Crippen MR) is 95.9 cm³/mol. The van der Waals surface area contributed by atoms with Crippen LogP contribution in [0.15, 0.2) is 11.1 Å². The maximum absolute atomic E-state index is 12.9. The third kappa shape index (κ3) is 6.45.